The summed E-state index contributed by atoms with van der Waals surface area (Å²) in [5, 5.41) is 2.89. The Morgan fingerprint density at radius 1 is 1.07 bits per heavy atom. The van der Waals surface area contributed by atoms with Crippen LogP contribution in [0.25, 0.3) is 0 Å². The number of piperazine rings is 1. The second-order valence-electron chi connectivity index (χ2n) is 8.31. The van der Waals surface area contributed by atoms with Crippen LogP contribution in [0, 0.1) is 12.8 Å². The third kappa shape index (κ3) is 4.31. The molecular weight excluding hydrogens is 391 g/mol. The number of nitrogens with one attached hydrogen (secondary N) is 1. The van der Waals surface area contributed by atoms with Crippen LogP contribution in [0.15, 0.2) is 42.5 Å². The predicted octanol–water partition coefficient (Wildman–Crippen LogP) is 4.51. The van der Waals surface area contributed by atoms with Crippen LogP contribution in [-0.2, 0) is 11.0 Å². The van der Waals surface area contributed by atoms with Crippen molar-refractivity contribution in [1.29, 1.82) is 0 Å². The maximum absolute atomic E-state index is 13.3. The van der Waals surface area contributed by atoms with Crippen LogP contribution in [0.4, 0.5) is 24.5 Å². The van der Waals surface area contributed by atoms with E-state index in [1.807, 2.05) is 25.1 Å². The Bertz CT molecular complexity index is 936. The molecular formula is C23H26F3N3O. The van der Waals surface area contributed by atoms with Crippen molar-refractivity contribution in [2.24, 2.45) is 5.92 Å². The molecule has 2 aromatic rings. The van der Waals surface area contributed by atoms with E-state index < -0.39 is 17.7 Å². The number of aryl methyl sites for hydroxylation is 1. The van der Waals surface area contributed by atoms with Gasteiger partial charge in [-0.1, -0.05) is 18.2 Å². The average molecular weight is 417 g/mol. The minimum absolute atomic E-state index is 0.215. The fourth-order valence-electron chi connectivity index (χ4n) is 4.28. The van der Waals surface area contributed by atoms with Crippen molar-refractivity contribution in [3.63, 3.8) is 0 Å². The number of amides is 1. The molecule has 2 atom stereocenters. The predicted molar refractivity (Wildman–Crippen MR) is 112 cm³/mol. The molecule has 2 aromatic carbocycles. The molecule has 2 fully saturated rings. The summed E-state index contributed by atoms with van der Waals surface area (Å²) in [5.41, 5.74) is 2.49. The van der Waals surface area contributed by atoms with Crippen molar-refractivity contribution < 1.29 is 18.0 Å². The van der Waals surface area contributed by atoms with Crippen LogP contribution < -0.4 is 10.2 Å². The van der Waals surface area contributed by atoms with Crippen LogP contribution >= 0.6 is 0 Å². The fourth-order valence-corrected chi connectivity index (χ4v) is 4.28. The van der Waals surface area contributed by atoms with E-state index in [1.165, 1.54) is 12.1 Å². The highest BCUT2D eigenvalue weighted by molar-refractivity contribution is 5.95. The number of carbonyl (C=O) groups excluding carboxylic acids is 1. The van der Waals surface area contributed by atoms with E-state index >= 15 is 0 Å². The van der Waals surface area contributed by atoms with Crippen molar-refractivity contribution in [1.82, 2.24) is 4.90 Å². The Balaban J connectivity index is 1.42. The zero-order valence-corrected chi connectivity index (χ0v) is 17.2. The van der Waals surface area contributed by atoms with Crippen molar-refractivity contribution in [2.75, 3.05) is 43.4 Å². The molecule has 1 aliphatic carbocycles. The van der Waals surface area contributed by atoms with E-state index in [-0.39, 0.29) is 17.4 Å². The zero-order valence-electron chi connectivity index (χ0n) is 17.2. The minimum atomic E-state index is -4.41. The van der Waals surface area contributed by atoms with Crippen LogP contribution in [0.3, 0.4) is 0 Å². The van der Waals surface area contributed by atoms with E-state index in [9.17, 15) is 18.0 Å². The summed E-state index contributed by atoms with van der Waals surface area (Å²) in [4.78, 5) is 17.3. The van der Waals surface area contributed by atoms with Crippen molar-refractivity contribution >= 4 is 17.3 Å². The standard InChI is InChI=1S/C23H26F3N3O/c1-15-13-16(7-8-21(15)29-11-9-28(2)10-12-29)27-22(30)19-14-18(19)17-5-3-4-6-20(17)23(24,25)26/h3-8,13,18-19H,9-12,14H2,1-2H3,(H,27,30). The van der Waals surface area contributed by atoms with Gasteiger partial charge in [-0.2, -0.15) is 13.2 Å². The molecule has 0 spiro atoms. The second-order valence-corrected chi connectivity index (χ2v) is 8.31. The van der Waals surface area contributed by atoms with Crippen LogP contribution in [0.5, 0.6) is 0 Å². The van der Waals surface area contributed by atoms with E-state index in [2.05, 4.69) is 22.2 Å². The number of rotatable bonds is 4. The number of hydrogen-bond donors (Lipinski definition) is 1. The summed E-state index contributed by atoms with van der Waals surface area (Å²) < 4.78 is 39.8. The number of hydrogen-bond acceptors (Lipinski definition) is 3. The molecule has 1 amide bonds. The molecule has 30 heavy (non-hydrogen) atoms. The zero-order chi connectivity index (χ0) is 21.5. The van der Waals surface area contributed by atoms with E-state index in [0.717, 1.165) is 43.5 Å². The number of halogens is 3. The summed E-state index contributed by atoms with van der Waals surface area (Å²) in [7, 11) is 2.11. The summed E-state index contributed by atoms with van der Waals surface area (Å²) in [5.74, 6) is -1.02. The molecule has 4 rings (SSSR count). The van der Waals surface area contributed by atoms with E-state index in [4.69, 9.17) is 0 Å². The summed E-state index contributed by atoms with van der Waals surface area (Å²) >= 11 is 0. The molecule has 0 bridgehead atoms. The first-order chi connectivity index (χ1) is 14.2. The maximum atomic E-state index is 13.3. The fraction of sp³-hybridized carbons (Fsp3) is 0.435. The van der Waals surface area contributed by atoms with Gasteiger partial charge >= 0.3 is 6.18 Å². The molecule has 0 aromatic heterocycles. The highest BCUT2D eigenvalue weighted by Crippen LogP contribution is 2.51. The number of alkyl halides is 3. The number of likely N-dealkylation sites (N-methyl/N-ethyl adjacent to an activating group) is 1. The lowest BCUT2D eigenvalue weighted by molar-refractivity contribution is -0.138. The van der Waals surface area contributed by atoms with Gasteiger partial charge in [-0.15, -0.1) is 0 Å². The molecule has 2 unspecified atom stereocenters. The highest BCUT2D eigenvalue weighted by atomic mass is 19.4. The Kier molecular flexibility index (Phi) is 5.49. The molecule has 1 saturated heterocycles. The summed E-state index contributed by atoms with van der Waals surface area (Å²) in [6.07, 6.45) is -3.96. The summed E-state index contributed by atoms with van der Waals surface area (Å²) in [6.45, 7) is 5.97. The van der Waals surface area contributed by atoms with Crippen LogP contribution in [0.1, 0.15) is 29.0 Å². The SMILES string of the molecule is Cc1cc(NC(=O)C2CC2c2ccccc2C(F)(F)F)ccc1N1CCN(C)CC1. The first-order valence-electron chi connectivity index (χ1n) is 10.2. The maximum Gasteiger partial charge on any atom is 0.416 e. The van der Waals surface area contributed by atoms with Gasteiger partial charge in [-0.05, 0) is 61.7 Å². The lowest BCUT2D eigenvalue weighted by atomic mass is 10.0. The summed E-state index contributed by atoms with van der Waals surface area (Å²) in [6, 6.07) is 11.4. The number of carbonyl (C=O) groups is 1. The molecule has 0 radical (unpaired) electrons. The normalized spacial score (nSPS) is 22.1. The molecule has 1 aliphatic heterocycles. The number of nitrogens with zero attached hydrogens (tertiary/aromatic N) is 2. The van der Waals surface area contributed by atoms with Crippen LogP contribution in [0.2, 0.25) is 0 Å². The molecule has 1 N–H and O–H groups in total. The second kappa shape index (κ2) is 7.95. The van der Waals surface area contributed by atoms with Gasteiger partial charge in [0.15, 0.2) is 0 Å². The van der Waals surface area contributed by atoms with Gasteiger partial charge < -0.3 is 15.1 Å². The first-order valence-corrected chi connectivity index (χ1v) is 10.2. The molecule has 2 aliphatic rings. The smallest absolute Gasteiger partial charge is 0.369 e. The molecule has 4 nitrogen and oxygen atoms in total. The van der Waals surface area contributed by atoms with Gasteiger partial charge in [-0.3, -0.25) is 4.79 Å². The first kappa shape index (κ1) is 20.7. The quantitative estimate of drug-likeness (QED) is 0.795. The van der Waals surface area contributed by atoms with Crippen molar-refractivity contribution in [3.05, 3.63) is 59.2 Å². The van der Waals surface area contributed by atoms with Crippen molar-refractivity contribution in [3.8, 4) is 0 Å². The molecule has 160 valence electrons. The monoisotopic (exact) mass is 417 g/mol. The van der Waals surface area contributed by atoms with Crippen molar-refractivity contribution in [2.45, 2.75) is 25.4 Å². The topological polar surface area (TPSA) is 35.6 Å². The lowest BCUT2D eigenvalue weighted by Crippen LogP contribution is -2.44. The van der Waals surface area contributed by atoms with Gasteiger partial charge in [-0.25, -0.2) is 0 Å². The Morgan fingerprint density at radius 2 is 1.77 bits per heavy atom. The Morgan fingerprint density at radius 3 is 2.43 bits per heavy atom. The third-order valence-corrected chi connectivity index (χ3v) is 6.10. The van der Waals surface area contributed by atoms with Gasteiger partial charge in [0, 0.05) is 43.5 Å². The van der Waals surface area contributed by atoms with Crippen LogP contribution in [-0.4, -0.2) is 44.0 Å². The molecule has 1 heterocycles. The average Bonchev–Trinajstić information content (AvgIpc) is 3.49. The van der Waals surface area contributed by atoms with Gasteiger partial charge in [0.2, 0.25) is 5.91 Å². The largest absolute Gasteiger partial charge is 0.416 e. The number of benzene rings is 2. The Hall–Kier alpha value is -2.54. The third-order valence-electron chi connectivity index (χ3n) is 6.10. The van der Waals surface area contributed by atoms with Gasteiger partial charge in [0.25, 0.3) is 0 Å². The Labute approximate surface area is 174 Å². The minimum Gasteiger partial charge on any atom is -0.369 e. The molecule has 1 saturated carbocycles. The molecule has 7 heteroatoms. The number of anilines is 2. The van der Waals surface area contributed by atoms with E-state index in [1.54, 1.807) is 6.07 Å². The van der Waals surface area contributed by atoms with Gasteiger partial charge in [0.05, 0.1) is 5.56 Å². The lowest BCUT2D eigenvalue weighted by Gasteiger charge is -2.35. The highest BCUT2D eigenvalue weighted by Gasteiger charge is 2.47. The van der Waals surface area contributed by atoms with Gasteiger partial charge in [0.1, 0.15) is 0 Å². The van der Waals surface area contributed by atoms with E-state index in [0.29, 0.717) is 12.1 Å².